The number of hydrogen-bond acceptors (Lipinski definition) is 3. The molecule has 0 amide bonds. The van der Waals surface area contributed by atoms with Gasteiger partial charge in [0.1, 0.15) is 5.75 Å². The molecule has 3 nitrogen and oxygen atoms in total. The molecular formula is C16H28N2O. The first kappa shape index (κ1) is 16.0. The van der Waals surface area contributed by atoms with Crippen LogP contribution in [0.15, 0.2) is 18.2 Å². The second-order valence-electron chi connectivity index (χ2n) is 6.02. The van der Waals surface area contributed by atoms with E-state index in [0.717, 1.165) is 31.8 Å². The molecule has 19 heavy (non-hydrogen) atoms. The summed E-state index contributed by atoms with van der Waals surface area (Å²) in [7, 11) is 1.72. The minimum absolute atomic E-state index is 0.208. The van der Waals surface area contributed by atoms with Gasteiger partial charge in [0.15, 0.2) is 0 Å². The molecule has 0 saturated carbocycles. The Hall–Kier alpha value is -1.06. The molecule has 0 saturated heterocycles. The maximum Gasteiger partial charge on any atom is 0.123 e. The van der Waals surface area contributed by atoms with Gasteiger partial charge in [0.05, 0.1) is 7.11 Å². The fourth-order valence-corrected chi connectivity index (χ4v) is 1.95. The van der Waals surface area contributed by atoms with Gasteiger partial charge < -0.3 is 15.4 Å². The van der Waals surface area contributed by atoms with Gasteiger partial charge in [-0.05, 0) is 53.3 Å². The zero-order valence-electron chi connectivity index (χ0n) is 13.0. The van der Waals surface area contributed by atoms with E-state index in [9.17, 15) is 0 Å². The summed E-state index contributed by atoms with van der Waals surface area (Å²) in [4.78, 5) is 0. The minimum Gasteiger partial charge on any atom is -0.496 e. The Morgan fingerprint density at radius 3 is 2.53 bits per heavy atom. The van der Waals surface area contributed by atoms with Crippen LogP contribution < -0.4 is 15.4 Å². The smallest absolute Gasteiger partial charge is 0.123 e. The van der Waals surface area contributed by atoms with E-state index in [-0.39, 0.29) is 5.54 Å². The van der Waals surface area contributed by atoms with Crippen molar-refractivity contribution in [2.24, 2.45) is 0 Å². The Bertz CT molecular complexity index is 383. The summed E-state index contributed by atoms with van der Waals surface area (Å²) in [5.41, 5.74) is 2.71. The van der Waals surface area contributed by atoms with E-state index in [1.54, 1.807) is 7.11 Å². The fourth-order valence-electron chi connectivity index (χ4n) is 1.95. The van der Waals surface area contributed by atoms with Crippen LogP contribution in [0.1, 0.15) is 38.3 Å². The van der Waals surface area contributed by atoms with E-state index in [2.05, 4.69) is 50.5 Å². The van der Waals surface area contributed by atoms with Crippen molar-refractivity contribution < 1.29 is 4.74 Å². The first-order chi connectivity index (χ1) is 8.92. The second kappa shape index (κ2) is 7.51. The number of ether oxygens (including phenoxy) is 1. The summed E-state index contributed by atoms with van der Waals surface area (Å²) in [5, 5.41) is 6.96. The maximum absolute atomic E-state index is 5.37. The molecule has 0 aliphatic heterocycles. The Kier molecular flexibility index (Phi) is 6.32. The van der Waals surface area contributed by atoms with E-state index >= 15 is 0 Å². The molecule has 1 rings (SSSR count). The summed E-state index contributed by atoms with van der Waals surface area (Å²) in [5.74, 6) is 0.964. The quantitative estimate of drug-likeness (QED) is 0.743. The molecule has 2 N–H and O–H groups in total. The van der Waals surface area contributed by atoms with Crippen molar-refractivity contribution >= 4 is 0 Å². The predicted octanol–water partition coefficient (Wildman–Crippen LogP) is 2.87. The lowest BCUT2D eigenvalue weighted by atomic mass is 10.1. The zero-order chi connectivity index (χ0) is 14.3. The highest BCUT2D eigenvalue weighted by Gasteiger charge is 2.07. The van der Waals surface area contributed by atoms with Gasteiger partial charge in [-0.1, -0.05) is 17.7 Å². The molecule has 0 atom stereocenters. The topological polar surface area (TPSA) is 33.3 Å². The third-order valence-corrected chi connectivity index (χ3v) is 2.94. The summed E-state index contributed by atoms with van der Waals surface area (Å²) in [6.45, 7) is 11.6. The Morgan fingerprint density at radius 2 is 1.89 bits per heavy atom. The highest BCUT2D eigenvalue weighted by molar-refractivity contribution is 5.36. The van der Waals surface area contributed by atoms with Crippen molar-refractivity contribution in [2.45, 2.75) is 46.2 Å². The lowest BCUT2D eigenvalue weighted by Gasteiger charge is -2.20. The molecule has 0 spiro atoms. The van der Waals surface area contributed by atoms with Crippen LogP contribution in [0.2, 0.25) is 0 Å². The van der Waals surface area contributed by atoms with Crippen molar-refractivity contribution in [3.63, 3.8) is 0 Å². The van der Waals surface area contributed by atoms with Gasteiger partial charge >= 0.3 is 0 Å². The third kappa shape index (κ3) is 6.60. The first-order valence-electron chi connectivity index (χ1n) is 7.01. The summed E-state index contributed by atoms with van der Waals surface area (Å²) in [6, 6.07) is 6.29. The van der Waals surface area contributed by atoms with Gasteiger partial charge in [-0.3, -0.25) is 0 Å². The van der Waals surface area contributed by atoms with Crippen LogP contribution in [-0.4, -0.2) is 25.7 Å². The van der Waals surface area contributed by atoms with Crippen LogP contribution in [0, 0.1) is 6.92 Å². The van der Waals surface area contributed by atoms with Gasteiger partial charge in [-0.15, -0.1) is 0 Å². The highest BCUT2D eigenvalue weighted by atomic mass is 16.5. The molecule has 0 aliphatic carbocycles. The monoisotopic (exact) mass is 264 g/mol. The number of hydrogen-bond donors (Lipinski definition) is 2. The fraction of sp³-hybridized carbons (Fsp3) is 0.625. The molecule has 3 heteroatoms. The normalized spacial score (nSPS) is 11.6. The van der Waals surface area contributed by atoms with E-state index in [1.807, 2.05) is 6.07 Å². The standard InChI is InChI=1S/C16H28N2O/c1-13-7-8-15(19-5)14(11-13)12-17-9-6-10-18-16(2,3)4/h7-8,11,17-18H,6,9-10,12H2,1-5H3. The molecule has 0 aliphatic rings. The van der Waals surface area contributed by atoms with Gasteiger partial charge in [-0.2, -0.15) is 0 Å². The van der Waals surface area contributed by atoms with Gasteiger partial charge in [-0.25, -0.2) is 0 Å². The van der Waals surface area contributed by atoms with E-state index in [1.165, 1.54) is 11.1 Å². The first-order valence-corrected chi connectivity index (χ1v) is 7.01. The maximum atomic E-state index is 5.37. The van der Waals surface area contributed by atoms with Crippen LogP contribution in [-0.2, 0) is 6.54 Å². The molecule has 0 bridgehead atoms. The lowest BCUT2D eigenvalue weighted by Crippen LogP contribution is -2.37. The molecular weight excluding hydrogens is 236 g/mol. The van der Waals surface area contributed by atoms with Crippen LogP contribution >= 0.6 is 0 Å². The largest absolute Gasteiger partial charge is 0.496 e. The number of methoxy groups -OCH3 is 1. The number of nitrogens with one attached hydrogen (secondary N) is 2. The van der Waals surface area contributed by atoms with E-state index < -0.39 is 0 Å². The number of aryl methyl sites for hydroxylation is 1. The number of rotatable bonds is 7. The molecule has 108 valence electrons. The van der Waals surface area contributed by atoms with Gasteiger partial charge in [0, 0.05) is 17.6 Å². The SMILES string of the molecule is COc1ccc(C)cc1CNCCCNC(C)(C)C. The summed E-state index contributed by atoms with van der Waals surface area (Å²) < 4.78 is 5.37. The average molecular weight is 264 g/mol. The molecule has 1 aromatic rings. The highest BCUT2D eigenvalue weighted by Crippen LogP contribution is 2.19. The Morgan fingerprint density at radius 1 is 1.16 bits per heavy atom. The van der Waals surface area contributed by atoms with E-state index in [4.69, 9.17) is 4.74 Å². The van der Waals surface area contributed by atoms with Crippen molar-refractivity contribution in [3.05, 3.63) is 29.3 Å². The molecule has 1 aromatic carbocycles. The Balaban J connectivity index is 2.28. The zero-order valence-corrected chi connectivity index (χ0v) is 13.0. The average Bonchev–Trinajstić information content (AvgIpc) is 2.32. The van der Waals surface area contributed by atoms with Crippen molar-refractivity contribution in [1.82, 2.24) is 10.6 Å². The third-order valence-electron chi connectivity index (χ3n) is 2.94. The van der Waals surface area contributed by atoms with Crippen LogP contribution in [0.25, 0.3) is 0 Å². The van der Waals surface area contributed by atoms with Crippen LogP contribution in [0.3, 0.4) is 0 Å². The molecule has 0 unspecified atom stereocenters. The number of benzene rings is 1. The Labute approximate surface area is 117 Å². The molecule has 0 radical (unpaired) electrons. The molecule has 0 fully saturated rings. The van der Waals surface area contributed by atoms with E-state index in [0.29, 0.717) is 0 Å². The van der Waals surface area contributed by atoms with Crippen LogP contribution in [0.5, 0.6) is 5.75 Å². The predicted molar refractivity (Wildman–Crippen MR) is 81.8 cm³/mol. The minimum atomic E-state index is 0.208. The van der Waals surface area contributed by atoms with Crippen molar-refractivity contribution in [1.29, 1.82) is 0 Å². The van der Waals surface area contributed by atoms with Gasteiger partial charge in [0.25, 0.3) is 0 Å². The summed E-state index contributed by atoms with van der Waals surface area (Å²) >= 11 is 0. The molecule has 0 heterocycles. The second-order valence-corrected chi connectivity index (χ2v) is 6.02. The van der Waals surface area contributed by atoms with Crippen LogP contribution in [0.4, 0.5) is 0 Å². The molecule has 0 aromatic heterocycles. The summed E-state index contributed by atoms with van der Waals surface area (Å²) in [6.07, 6.45) is 1.13. The lowest BCUT2D eigenvalue weighted by molar-refractivity contribution is 0.405. The van der Waals surface area contributed by atoms with Crippen molar-refractivity contribution in [2.75, 3.05) is 20.2 Å². The van der Waals surface area contributed by atoms with Crippen molar-refractivity contribution in [3.8, 4) is 5.75 Å². The van der Waals surface area contributed by atoms with Gasteiger partial charge in [0.2, 0.25) is 0 Å².